The Bertz CT molecular complexity index is 781. The molecule has 1 atom stereocenters. The third-order valence-electron chi connectivity index (χ3n) is 4.15. The van der Waals surface area contributed by atoms with Gasteiger partial charge >= 0.3 is 5.97 Å². The highest BCUT2D eigenvalue weighted by Crippen LogP contribution is 2.27. The van der Waals surface area contributed by atoms with Gasteiger partial charge in [-0.2, -0.15) is 5.26 Å². The summed E-state index contributed by atoms with van der Waals surface area (Å²) in [5, 5.41) is 19.1. The molecule has 2 aromatic carbocycles. The van der Waals surface area contributed by atoms with E-state index in [2.05, 4.69) is 6.07 Å². The molecule has 0 radical (unpaired) electrons. The number of carbonyl (C=O) groups is 1. The summed E-state index contributed by atoms with van der Waals surface area (Å²) < 4.78 is 0. The van der Waals surface area contributed by atoms with Crippen molar-refractivity contribution >= 4 is 17.6 Å². The average molecular weight is 327 g/mol. The van der Waals surface area contributed by atoms with Gasteiger partial charge in [0.25, 0.3) is 0 Å². The van der Waals surface area contributed by atoms with E-state index >= 15 is 0 Å². The zero-order valence-corrected chi connectivity index (χ0v) is 13.1. The lowest BCUT2D eigenvalue weighted by Gasteiger charge is -2.34. The Morgan fingerprint density at radius 2 is 2.00 bits per heavy atom. The summed E-state index contributed by atoms with van der Waals surface area (Å²) in [6.45, 7) is 1.07. The Morgan fingerprint density at radius 1 is 1.26 bits per heavy atom. The Hall–Kier alpha value is -2.35. The lowest BCUT2D eigenvalue weighted by atomic mass is 9.93. The number of halogens is 1. The van der Waals surface area contributed by atoms with Crippen molar-refractivity contribution in [2.45, 2.75) is 25.6 Å². The molecule has 1 aliphatic heterocycles. The van der Waals surface area contributed by atoms with Gasteiger partial charge in [0.1, 0.15) is 6.04 Å². The first-order valence-corrected chi connectivity index (χ1v) is 7.68. The van der Waals surface area contributed by atoms with Crippen LogP contribution in [0.2, 0.25) is 5.02 Å². The Kier molecular flexibility index (Phi) is 4.33. The van der Waals surface area contributed by atoms with Crippen LogP contribution in [0.4, 0.5) is 0 Å². The van der Waals surface area contributed by atoms with Crippen molar-refractivity contribution in [2.75, 3.05) is 0 Å². The zero-order valence-electron chi connectivity index (χ0n) is 12.4. The summed E-state index contributed by atoms with van der Waals surface area (Å²) in [6, 6.07) is 14.4. The van der Waals surface area contributed by atoms with Crippen LogP contribution in [0.25, 0.3) is 0 Å². The highest BCUT2D eigenvalue weighted by Gasteiger charge is 2.31. The molecule has 2 aromatic rings. The van der Waals surface area contributed by atoms with Crippen molar-refractivity contribution in [3.8, 4) is 6.07 Å². The van der Waals surface area contributed by atoms with Crippen molar-refractivity contribution in [1.82, 2.24) is 4.90 Å². The summed E-state index contributed by atoms with van der Waals surface area (Å²) >= 11 is 6.05. The molecule has 0 aliphatic carbocycles. The topological polar surface area (TPSA) is 64.3 Å². The Labute approximate surface area is 139 Å². The zero-order chi connectivity index (χ0) is 16.4. The fraction of sp³-hybridized carbons (Fsp3) is 0.222. The summed E-state index contributed by atoms with van der Waals surface area (Å²) in [6.07, 6.45) is 0.470. The Morgan fingerprint density at radius 3 is 2.65 bits per heavy atom. The first-order chi connectivity index (χ1) is 11.1. The van der Waals surface area contributed by atoms with Gasteiger partial charge in [0.05, 0.1) is 11.6 Å². The number of hydrogen-bond acceptors (Lipinski definition) is 3. The second kappa shape index (κ2) is 6.41. The van der Waals surface area contributed by atoms with Crippen LogP contribution in [0.3, 0.4) is 0 Å². The van der Waals surface area contributed by atoms with Gasteiger partial charge in [-0.3, -0.25) is 9.69 Å². The van der Waals surface area contributed by atoms with E-state index in [0.717, 1.165) is 16.7 Å². The molecule has 5 heteroatoms. The molecule has 0 fully saturated rings. The molecule has 0 aromatic heterocycles. The molecule has 0 spiro atoms. The first kappa shape index (κ1) is 15.5. The van der Waals surface area contributed by atoms with Crippen molar-refractivity contribution in [1.29, 1.82) is 5.26 Å². The molecular formula is C18H15ClN2O2. The van der Waals surface area contributed by atoms with Gasteiger partial charge in [0, 0.05) is 18.1 Å². The fourth-order valence-corrected chi connectivity index (χ4v) is 3.13. The maximum atomic E-state index is 11.6. The number of rotatable bonds is 3. The SMILES string of the molecule is N#Cc1ccc(CN2Cc3cc(Cl)ccc3C[C@H]2C(=O)O)cc1. The van der Waals surface area contributed by atoms with Crippen LogP contribution in [0, 0.1) is 11.3 Å². The van der Waals surface area contributed by atoms with Gasteiger partial charge in [0.2, 0.25) is 0 Å². The van der Waals surface area contributed by atoms with E-state index in [0.29, 0.717) is 30.1 Å². The second-order valence-corrected chi connectivity index (χ2v) is 6.12. The number of benzene rings is 2. The minimum Gasteiger partial charge on any atom is -0.480 e. The highest BCUT2D eigenvalue weighted by molar-refractivity contribution is 6.30. The van der Waals surface area contributed by atoms with Crippen LogP contribution in [0.1, 0.15) is 22.3 Å². The predicted molar refractivity (Wildman–Crippen MR) is 87.0 cm³/mol. The van der Waals surface area contributed by atoms with Crippen molar-refractivity contribution in [2.24, 2.45) is 0 Å². The summed E-state index contributed by atoms with van der Waals surface area (Å²) in [5.41, 5.74) is 3.70. The molecule has 0 saturated heterocycles. The quantitative estimate of drug-likeness (QED) is 0.940. The predicted octanol–water partition coefficient (Wildman–Crippen LogP) is 3.22. The molecule has 116 valence electrons. The van der Waals surface area contributed by atoms with E-state index in [-0.39, 0.29) is 0 Å². The van der Waals surface area contributed by atoms with E-state index in [1.807, 2.05) is 29.2 Å². The van der Waals surface area contributed by atoms with Gasteiger partial charge in [-0.15, -0.1) is 0 Å². The number of carboxylic acid groups (broad SMARTS) is 1. The third kappa shape index (κ3) is 3.37. The molecule has 1 heterocycles. The molecule has 0 saturated carbocycles. The van der Waals surface area contributed by atoms with Crippen molar-refractivity contribution < 1.29 is 9.90 Å². The molecule has 23 heavy (non-hydrogen) atoms. The standard InChI is InChI=1S/C18H15ClN2O2/c19-16-6-5-14-8-17(18(22)23)21(11-15(14)7-16)10-13-3-1-12(9-20)2-4-13/h1-7,17H,8,10-11H2,(H,22,23)/t17-/m0/s1. The monoisotopic (exact) mass is 326 g/mol. The van der Waals surface area contributed by atoms with Gasteiger partial charge < -0.3 is 5.11 Å². The molecule has 1 N–H and O–H groups in total. The number of aliphatic carboxylic acids is 1. The molecule has 1 aliphatic rings. The number of fused-ring (bicyclic) bond motifs is 1. The van der Waals surface area contributed by atoms with Crippen LogP contribution >= 0.6 is 11.6 Å². The smallest absolute Gasteiger partial charge is 0.321 e. The number of nitriles is 1. The number of carboxylic acids is 1. The fourth-order valence-electron chi connectivity index (χ4n) is 2.94. The molecule has 4 nitrogen and oxygen atoms in total. The van der Waals surface area contributed by atoms with Crippen molar-refractivity contribution in [3.05, 3.63) is 69.7 Å². The van der Waals surface area contributed by atoms with Gasteiger partial charge in [-0.1, -0.05) is 29.8 Å². The minimum atomic E-state index is -0.820. The summed E-state index contributed by atoms with van der Waals surface area (Å²) in [7, 11) is 0. The minimum absolute atomic E-state index is 0.470. The Balaban J connectivity index is 1.86. The van der Waals surface area contributed by atoms with E-state index in [1.54, 1.807) is 18.2 Å². The van der Waals surface area contributed by atoms with E-state index in [4.69, 9.17) is 16.9 Å². The van der Waals surface area contributed by atoms with E-state index < -0.39 is 12.0 Å². The van der Waals surface area contributed by atoms with Gasteiger partial charge in [-0.05, 0) is 47.4 Å². The average Bonchev–Trinajstić information content (AvgIpc) is 2.54. The van der Waals surface area contributed by atoms with Crippen molar-refractivity contribution in [3.63, 3.8) is 0 Å². The molecule has 0 amide bonds. The largest absolute Gasteiger partial charge is 0.480 e. The summed E-state index contributed by atoms with van der Waals surface area (Å²) in [4.78, 5) is 13.6. The number of nitrogens with zero attached hydrogens (tertiary/aromatic N) is 2. The van der Waals surface area contributed by atoms with Gasteiger partial charge in [0.15, 0.2) is 0 Å². The lowest BCUT2D eigenvalue weighted by molar-refractivity contribution is -0.144. The second-order valence-electron chi connectivity index (χ2n) is 5.68. The maximum absolute atomic E-state index is 11.6. The van der Waals surface area contributed by atoms with Crippen LogP contribution < -0.4 is 0 Å². The van der Waals surface area contributed by atoms with E-state index in [9.17, 15) is 9.90 Å². The molecule has 3 rings (SSSR count). The third-order valence-corrected chi connectivity index (χ3v) is 4.38. The lowest BCUT2D eigenvalue weighted by Crippen LogP contribution is -2.45. The summed E-state index contributed by atoms with van der Waals surface area (Å²) in [5.74, 6) is -0.820. The molecular weight excluding hydrogens is 312 g/mol. The van der Waals surface area contributed by atoms with E-state index in [1.165, 1.54) is 0 Å². The molecule has 0 bridgehead atoms. The maximum Gasteiger partial charge on any atom is 0.321 e. The number of hydrogen-bond donors (Lipinski definition) is 1. The highest BCUT2D eigenvalue weighted by atomic mass is 35.5. The normalized spacial score (nSPS) is 17.3. The van der Waals surface area contributed by atoms with Gasteiger partial charge in [-0.25, -0.2) is 0 Å². The molecule has 0 unspecified atom stereocenters. The van der Waals surface area contributed by atoms with Crippen LogP contribution in [-0.4, -0.2) is 22.0 Å². The van der Waals surface area contributed by atoms with Crippen LogP contribution in [0.5, 0.6) is 0 Å². The van der Waals surface area contributed by atoms with Crippen LogP contribution in [-0.2, 0) is 24.3 Å². The first-order valence-electron chi connectivity index (χ1n) is 7.30. The van der Waals surface area contributed by atoms with Crippen LogP contribution in [0.15, 0.2) is 42.5 Å².